The number of ether oxygens (including phenoxy) is 1. The molecular formula is C12H15NO4. The Hall–Kier alpha value is -2.04. The maximum absolute atomic E-state index is 11.4. The lowest BCUT2D eigenvalue weighted by molar-refractivity contribution is -0.141. The lowest BCUT2D eigenvalue weighted by Gasteiger charge is -2.17. The SMILES string of the molecule is CCC(Nc1ccccc1C(=O)O)C(=O)OC. The predicted octanol–water partition coefficient (Wildman–Crippen LogP) is 1.75. The molecule has 0 radical (unpaired) electrons. The molecule has 0 aliphatic heterocycles. The van der Waals surface area contributed by atoms with Crippen molar-refractivity contribution < 1.29 is 19.4 Å². The van der Waals surface area contributed by atoms with E-state index in [0.29, 0.717) is 12.1 Å². The number of carboxylic acid groups (broad SMARTS) is 1. The van der Waals surface area contributed by atoms with Gasteiger partial charge in [-0.2, -0.15) is 0 Å². The number of methoxy groups -OCH3 is 1. The van der Waals surface area contributed by atoms with Crippen molar-refractivity contribution in [3.63, 3.8) is 0 Å². The average molecular weight is 237 g/mol. The number of carboxylic acids is 1. The molecule has 92 valence electrons. The predicted molar refractivity (Wildman–Crippen MR) is 63.1 cm³/mol. The quantitative estimate of drug-likeness (QED) is 0.763. The Bertz CT molecular complexity index is 417. The van der Waals surface area contributed by atoms with Crippen LogP contribution in [0, 0.1) is 0 Å². The van der Waals surface area contributed by atoms with Gasteiger partial charge in [-0.05, 0) is 18.6 Å². The lowest BCUT2D eigenvalue weighted by atomic mass is 10.1. The summed E-state index contributed by atoms with van der Waals surface area (Å²) in [6.45, 7) is 1.82. The number of para-hydroxylation sites is 1. The Labute approximate surface area is 99.4 Å². The zero-order chi connectivity index (χ0) is 12.8. The number of benzene rings is 1. The molecule has 2 N–H and O–H groups in total. The molecule has 0 bridgehead atoms. The maximum Gasteiger partial charge on any atom is 0.337 e. The van der Waals surface area contributed by atoms with E-state index in [1.54, 1.807) is 18.2 Å². The molecule has 1 aromatic rings. The molecule has 17 heavy (non-hydrogen) atoms. The van der Waals surface area contributed by atoms with Crippen molar-refractivity contribution in [2.75, 3.05) is 12.4 Å². The largest absolute Gasteiger partial charge is 0.478 e. The molecule has 1 rings (SSSR count). The summed E-state index contributed by atoms with van der Waals surface area (Å²) in [5.41, 5.74) is 0.548. The highest BCUT2D eigenvalue weighted by atomic mass is 16.5. The summed E-state index contributed by atoms with van der Waals surface area (Å²) in [4.78, 5) is 22.4. The van der Waals surface area contributed by atoms with Gasteiger partial charge in [-0.1, -0.05) is 19.1 Å². The fourth-order valence-electron chi connectivity index (χ4n) is 1.45. The summed E-state index contributed by atoms with van der Waals surface area (Å²) in [5.74, 6) is -1.44. The number of hydrogen-bond acceptors (Lipinski definition) is 4. The Balaban J connectivity index is 2.93. The van der Waals surface area contributed by atoms with Crippen LogP contribution in [0.15, 0.2) is 24.3 Å². The zero-order valence-electron chi connectivity index (χ0n) is 9.77. The van der Waals surface area contributed by atoms with Crippen molar-refractivity contribution >= 4 is 17.6 Å². The molecule has 1 aromatic carbocycles. The Kier molecular flexibility index (Phi) is 4.51. The molecule has 0 saturated heterocycles. The van der Waals surface area contributed by atoms with Crippen LogP contribution in [0.3, 0.4) is 0 Å². The highest BCUT2D eigenvalue weighted by Gasteiger charge is 2.19. The van der Waals surface area contributed by atoms with Crippen LogP contribution in [0.1, 0.15) is 23.7 Å². The number of anilines is 1. The Morgan fingerprint density at radius 2 is 2.06 bits per heavy atom. The summed E-state index contributed by atoms with van der Waals surface area (Å²) in [6, 6.07) is 5.90. The molecule has 0 amide bonds. The Morgan fingerprint density at radius 1 is 1.41 bits per heavy atom. The van der Waals surface area contributed by atoms with Gasteiger partial charge >= 0.3 is 11.9 Å². The third-order valence-corrected chi connectivity index (χ3v) is 2.38. The number of hydrogen-bond donors (Lipinski definition) is 2. The maximum atomic E-state index is 11.4. The van der Waals surface area contributed by atoms with Crippen LogP contribution in [0.2, 0.25) is 0 Å². The van der Waals surface area contributed by atoms with Gasteiger partial charge in [-0.15, -0.1) is 0 Å². The number of rotatable bonds is 5. The van der Waals surface area contributed by atoms with Crippen molar-refractivity contribution in [2.24, 2.45) is 0 Å². The van der Waals surface area contributed by atoms with E-state index in [1.807, 2.05) is 6.92 Å². The smallest absolute Gasteiger partial charge is 0.337 e. The molecule has 1 unspecified atom stereocenters. The minimum absolute atomic E-state index is 0.134. The first-order valence-electron chi connectivity index (χ1n) is 5.26. The van der Waals surface area contributed by atoms with Crippen molar-refractivity contribution in [1.82, 2.24) is 0 Å². The van der Waals surface area contributed by atoms with E-state index in [9.17, 15) is 9.59 Å². The van der Waals surface area contributed by atoms with E-state index in [0.717, 1.165) is 0 Å². The molecule has 0 heterocycles. The minimum atomic E-state index is -1.03. The standard InChI is InChI=1S/C12H15NO4/c1-3-9(12(16)17-2)13-10-7-5-4-6-8(10)11(14)15/h4-7,9,13H,3H2,1-2H3,(H,14,15). The van der Waals surface area contributed by atoms with Gasteiger partial charge in [0.05, 0.1) is 12.7 Å². The van der Waals surface area contributed by atoms with E-state index in [4.69, 9.17) is 5.11 Å². The number of aromatic carboxylic acids is 1. The second kappa shape index (κ2) is 5.89. The van der Waals surface area contributed by atoms with Crippen molar-refractivity contribution in [1.29, 1.82) is 0 Å². The molecular weight excluding hydrogens is 222 g/mol. The van der Waals surface area contributed by atoms with E-state index in [1.165, 1.54) is 13.2 Å². The number of carbonyl (C=O) groups is 2. The van der Waals surface area contributed by atoms with Crippen LogP contribution in [0.25, 0.3) is 0 Å². The van der Waals surface area contributed by atoms with Crippen LogP contribution in [0.4, 0.5) is 5.69 Å². The van der Waals surface area contributed by atoms with Gasteiger partial charge in [0.25, 0.3) is 0 Å². The summed E-state index contributed by atoms with van der Waals surface area (Å²) in [5, 5.41) is 11.9. The van der Waals surface area contributed by atoms with Gasteiger partial charge in [0, 0.05) is 5.69 Å². The van der Waals surface area contributed by atoms with Gasteiger partial charge in [-0.3, -0.25) is 0 Å². The van der Waals surface area contributed by atoms with Crippen LogP contribution in [0.5, 0.6) is 0 Å². The van der Waals surface area contributed by atoms with E-state index in [2.05, 4.69) is 10.1 Å². The summed E-state index contributed by atoms with van der Waals surface area (Å²) < 4.78 is 4.63. The van der Waals surface area contributed by atoms with Crippen LogP contribution >= 0.6 is 0 Å². The first-order valence-corrected chi connectivity index (χ1v) is 5.26. The first-order chi connectivity index (χ1) is 8.10. The molecule has 1 atom stereocenters. The molecule has 0 saturated carbocycles. The first kappa shape index (κ1) is 13.0. The van der Waals surface area contributed by atoms with Gasteiger partial charge in [0.2, 0.25) is 0 Å². The van der Waals surface area contributed by atoms with Gasteiger partial charge < -0.3 is 15.2 Å². The fraction of sp³-hybridized carbons (Fsp3) is 0.333. The molecule has 5 nitrogen and oxygen atoms in total. The molecule has 0 aliphatic carbocycles. The van der Waals surface area contributed by atoms with E-state index in [-0.39, 0.29) is 5.56 Å². The van der Waals surface area contributed by atoms with Crippen molar-refractivity contribution in [3.05, 3.63) is 29.8 Å². The van der Waals surface area contributed by atoms with Crippen LogP contribution in [-0.2, 0) is 9.53 Å². The van der Waals surface area contributed by atoms with Crippen LogP contribution in [-0.4, -0.2) is 30.2 Å². The second-order valence-electron chi connectivity index (χ2n) is 3.48. The molecule has 5 heteroatoms. The molecule has 0 aliphatic rings. The summed E-state index contributed by atoms with van der Waals surface area (Å²) in [6.07, 6.45) is 0.515. The average Bonchev–Trinajstić information content (AvgIpc) is 2.35. The third-order valence-electron chi connectivity index (χ3n) is 2.38. The number of nitrogens with one attached hydrogen (secondary N) is 1. The monoisotopic (exact) mass is 237 g/mol. The second-order valence-corrected chi connectivity index (χ2v) is 3.48. The Morgan fingerprint density at radius 3 is 2.59 bits per heavy atom. The van der Waals surface area contributed by atoms with Crippen LogP contribution < -0.4 is 5.32 Å². The highest BCUT2D eigenvalue weighted by Crippen LogP contribution is 2.17. The van der Waals surface area contributed by atoms with E-state index < -0.39 is 18.0 Å². The minimum Gasteiger partial charge on any atom is -0.478 e. The molecule has 0 spiro atoms. The van der Waals surface area contributed by atoms with Gasteiger partial charge in [0.15, 0.2) is 0 Å². The van der Waals surface area contributed by atoms with Gasteiger partial charge in [-0.25, -0.2) is 9.59 Å². The summed E-state index contributed by atoms with van der Waals surface area (Å²) >= 11 is 0. The third kappa shape index (κ3) is 3.21. The topological polar surface area (TPSA) is 75.6 Å². The summed E-state index contributed by atoms with van der Waals surface area (Å²) in [7, 11) is 1.30. The molecule has 0 fully saturated rings. The molecule has 0 aromatic heterocycles. The van der Waals surface area contributed by atoms with Gasteiger partial charge in [0.1, 0.15) is 6.04 Å². The van der Waals surface area contributed by atoms with Crippen molar-refractivity contribution in [2.45, 2.75) is 19.4 Å². The number of esters is 1. The van der Waals surface area contributed by atoms with E-state index >= 15 is 0 Å². The zero-order valence-corrected chi connectivity index (χ0v) is 9.77. The lowest BCUT2D eigenvalue weighted by Crippen LogP contribution is -2.30. The number of carbonyl (C=O) groups excluding carboxylic acids is 1. The normalized spacial score (nSPS) is 11.6. The fourth-order valence-corrected chi connectivity index (χ4v) is 1.45. The van der Waals surface area contributed by atoms with Crippen molar-refractivity contribution in [3.8, 4) is 0 Å². The highest BCUT2D eigenvalue weighted by molar-refractivity contribution is 5.95.